The molecule has 0 bridgehead atoms. The number of allylic oxidation sites excluding steroid dienone is 6. The second-order valence-electron chi connectivity index (χ2n) is 9.96. The quantitative estimate of drug-likeness (QED) is 0.148. The van der Waals surface area contributed by atoms with Crippen LogP contribution in [-0.4, -0.2) is 5.78 Å². The maximum absolute atomic E-state index is 11.9. The third kappa shape index (κ3) is 16.2. The van der Waals surface area contributed by atoms with E-state index in [0.717, 1.165) is 56.8 Å². The van der Waals surface area contributed by atoms with Crippen molar-refractivity contribution in [1.82, 2.24) is 0 Å². The van der Waals surface area contributed by atoms with Gasteiger partial charge in [0.05, 0.1) is 0 Å². The van der Waals surface area contributed by atoms with Crippen LogP contribution in [0.5, 0.6) is 0 Å². The highest BCUT2D eigenvalue weighted by Gasteiger charge is 2.23. The first kappa shape index (κ1) is 27.9. The van der Waals surface area contributed by atoms with Gasteiger partial charge in [-0.15, -0.1) is 0 Å². The van der Waals surface area contributed by atoms with Crippen molar-refractivity contribution in [3.63, 3.8) is 0 Å². The molecule has 0 saturated heterocycles. The SMILES string of the molecule is CC/C=C\C/C=C\C/C=C\CCC1CCC(CCCCCCC(=O)CCC(C)CC)C1. The summed E-state index contributed by atoms with van der Waals surface area (Å²) in [6, 6.07) is 0. The number of rotatable bonds is 19. The van der Waals surface area contributed by atoms with Crippen LogP contribution in [0.3, 0.4) is 0 Å². The van der Waals surface area contributed by atoms with Gasteiger partial charge in [-0.1, -0.05) is 102 Å². The number of carbonyl (C=O) groups is 1. The van der Waals surface area contributed by atoms with Crippen LogP contribution in [0.4, 0.5) is 0 Å². The Morgan fingerprint density at radius 2 is 1.45 bits per heavy atom. The van der Waals surface area contributed by atoms with Gasteiger partial charge in [-0.2, -0.15) is 0 Å². The largest absolute Gasteiger partial charge is 0.300 e. The van der Waals surface area contributed by atoms with Crippen LogP contribution in [0.15, 0.2) is 36.5 Å². The summed E-state index contributed by atoms with van der Waals surface area (Å²) in [5, 5.41) is 0. The Hall–Kier alpha value is -1.11. The van der Waals surface area contributed by atoms with E-state index in [1.807, 2.05) is 0 Å². The molecular weight excluding hydrogens is 376 g/mol. The van der Waals surface area contributed by atoms with Gasteiger partial charge in [0.2, 0.25) is 0 Å². The molecule has 3 atom stereocenters. The minimum Gasteiger partial charge on any atom is -0.300 e. The molecule has 0 aliphatic heterocycles. The van der Waals surface area contributed by atoms with Crippen molar-refractivity contribution in [3.8, 4) is 0 Å². The van der Waals surface area contributed by atoms with Crippen molar-refractivity contribution in [3.05, 3.63) is 36.5 Å². The third-order valence-corrected chi connectivity index (χ3v) is 7.10. The fraction of sp³-hybridized carbons (Fsp3) is 0.767. The highest BCUT2D eigenvalue weighted by molar-refractivity contribution is 5.78. The summed E-state index contributed by atoms with van der Waals surface area (Å²) in [4.78, 5) is 11.9. The molecule has 0 aromatic heterocycles. The van der Waals surface area contributed by atoms with Gasteiger partial charge in [-0.3, -0.25) is 4.79 Å². The zero-order valence-electron chi connectivity index (χ0n) is 21.1. The third-order valence-electron chi connectivity index (χ3n) is 7.10. The summed E-state index contributed by atoms with van der Waals surface area (Å²) in [6.07, 6.45) is 34.4. The zero-order chi connectivity index (χ0) is 22.6. The van der Waals surface area contributed by atoms with E-state index in [0.29, 0.717) is 11.7 Å². The Morgan fingerprint density at radius 3 is 2.16 bits per heavy atom. The Bertz CT molecular complexity index is 513. The van der Waals surface area contributed by atoms with E-state index in [1.165, 1.54) is 64.2 Å². The lowest BCUT2D eigenvalue weighted by atomic mass is 9.95. The number of unbranched alkanes of at least 4 members (excludes halogenated alkanes) is 3. The van der Waals surface area contributed by atoms with Gasteiger partial charge in [0.15, 0.2) is 0 Å². The minimum atomic E-state index is 0.494. The predicted octanol–water partition coefficient (Wildman–Crippen LogP) is 9.78. The van der Waals surface area contributed by atoms with Gasteiger partial charge in [0, 0.05) is 12.8 Å². The molecule has 1 aliphatic rings. The second-order valence-corrected chi connectivity index (χ2v) is 9.96. The van der Waals surface area contributed by atoms with Crippen LogP contribution in [0.2, 0.25) is 0 Å². The summed E-state index contributed by atoms with van der Waals surface area (Å²) in [6.45, 7) is 6.65. The maximum Gasteiger partial charge on any atom is 0.132 e. The number of ketones is 1. The number of carbonyl (C=O) groups excluding carboxylic acids is 1. The van der Waals surface area contributed by atoms with Gasteiger partial charge in [-0.05, 0) is 69.1 Å². The molecule has 1 heteroatoms. The average molecular weight is 429 g/mol. The van der Waals surface area contributed by atoms with E-state index < -0.39 is 0 Å². The van der Waals surface area contributed by atoms with Crippen LogP contribution in [0.25, 0.3) is 0 Å². The molecular formula is C30H52O. The van der Waals surface area contributed by atoms with Crippen molar-refractivity contribution in [2.24, 2.45) is 17.8 Å². The molecule has 1 saturated carbocycles. The number of hydrogen-bond donors (Lipinski definition) is 0. The first-order valence-corrected chi connectivity index (χ1v) is 13.6. The van der Waals surface area contributed by atoms with Crippen LogP contribution in [0, 0.1) is 17.8 Å². The molecule has 0 N–H and O–H groups in total. The number of hydrogen-bond acceptors (Lipinski definition) is 1. The van der Waals surface area contributed by atoms with E-state index in [-0.39, 0.29) is 0 Å². The Kier molecular flexibility index (Phi) is 17.6. The molecule has 1 aliphatic carbocycles. The van der Waals surface area contributed by atoms with E-state index in [9.17, 15) is 4.79 Å². The van der Waals surface area contributed by atoms with E-state index >= 15 is 0 Å². The Morgan fingerprint density at radius 1 is 0.806 bits per heavy atom. The molecule has 0 aromatic rings. The van der Waals surface area contributed by atoms with E-state index in [2.05, 4.69) is 57.2 Å². The average Bonchev–Trinajstić information content (AvgIpc) is 3.23. The molecule has 3 unspecified atom stereocenters. The van der Waals surface area contributed by atoms with Crippen LogP contribution in [0.1, 0.15) is 130 Å². The fourth-order valence-corrected chi connectivity index (χ4v) is 4.71. The molecule has 31 heavy (non-hydrogen) atoms. The van der Waals surface area contributed by atoms with Crippen molar-refractivity contribution in [2.75, 3.05) is 0 Å². The monoisotopic (exact) mass is 428 g/mol. The number of Topliss-reactive ketones (excluding diaryl/α,β-unsaturated/α-hetero) is 1. The van der Waals surface area contributed by atoms with E-state index in [4.69, 9.17) is 0 Å². The van der Waals surface area contributed by atoms with Gasteiger partial charge < -0.3 is 0 Å². The predicted molar refractivity (Wildman–Crippen MR) is 138 cm³/mol. The van der Waals surface area contributed by atoms with Gasteiger partial charge >= 0.3 is 0 Å². The molecule has 0 aromatic carbocycles. The first-order chi connectivity index (χ1) is 15.2. The topological polar surface area (TPSA) is 17.1 Å². The first-order valence-electron chi connectivity index (χ1n) is 13.6. The van der Waals surface area contributed by atoms with Gasteiger partial charge in [-0.25, -0.2) is 0 Å². The van der Waals surface area contributed by atoms with Crippen LogP contribution >= 0.6 is 0 Å². The summed E-state index contributed by atoms with van der Waals surface area (Å²) in [5.74, 6) is 3.14. The van der Waals surface area contributed by atoms with E-state index in [1.54, 1.807) is 0 Å². The van der Waals surface area contributed by atoms with Crippen LogP contribution in [-0.2, 0) is 4.79 Å². The molecule has 0 radical (unpaired) electrons. The Balaban J connectivity index is 1.95. The summed E-state index contributed by atoms with van der Waals surface area (Å²) < 4.78 is 0. The second kappa shape index (κ2) is 19.6. The highest BCUT2D eigenvalue weighted by Crippen LogP contribution is 2.36. The lowest BCUT2D eigenvalue weighted by Gasteiger charge is -2.11. The molecule has 0 spiro atoms. The zero-order valence-corrected chi connectivity index (χ0v) is 21.1. The normalized spacial score (nSPS) is 20.5. The standard InChI is InChI=1S/C30H52O/c1-4-6-7-8-9-10-11-12-13-16-19-28-23-24-29(26-28)20-17-14-15-18-21-30(31)25-22-27(3)5-2/h6-7,9-10,12-13,27-29H,4-5,8,11,14-26H2,1-3H3/b7-6-,10-9-,13-12-. The smallest absolute Gasteiger partial charge is 0.132 e. The van der Waals surface area contributed by atoms with Crippen LogP contribution < -0.4 is 0 Å². The molecule has 1 nitrogen and oxygen atoms in total. The minimum absolute atomic E-state index is 0.494. The van der Waals surface area contributed by atoms with Crippen molar-refractivity contribution >= 4 is 5.78 Å². The maximum atomic E-state index is 11.9. The fourth-order valence-electron chi connectivity index (χ4n) is 4.71. The van der Waals surface area contributed by atoms with Gasteiger partial charge in [0.1, 0.15) is 5.78 Å². The molecule has 0 heterocycles. The van der Waals surface area contributed by atoms with Crippen molar-refractivity contribution in [1.29, 1.82) is 0 Å². The Labute approximate surface area is 194 Å². The molecule has 0 amide bonds. The molecule has 178 valence electrons. The van der Waals surface area contributed by atoms with Crippen molar-refractivity contribution in [2.45, 2.75) is 130 Å². The lowest BCUT2D eigenvalue weighted by Crippen LogP contribution is -2.02. The molecule has 1 rings (SSSR count). The van der Waals surface area contributed by atoms with Gasteiger partial charge in [0.25, 0.3) is 0 Å². The molecule has 1 fully saturated rings. The van der Waals surface area contributed by atoms with Crippen molar-refractivity contribution < 1.29 is 4.79 Å². The summed E-state index contributed by atoms with van der Waals surface area (Å²) >= 11 is 0. The lowest BCUT2D eigenvalue weighted by molar-refractivity contribution is -0.119. The highest BCUT2D eigenvalue weighted by atomic mass is 16.1. The summed E-state index contributed by atoms with van der Waals surface area (Å²) in [7, 11) is 0. The summed E-state index contributed by atoms with van der Waals surface area (Å²) in [5.41, 5.74) is 0.